The van der Waals surface area contributed by atoms with Gasteiger partial charge >= 0.3 is 0 Å². The maximum atomic E-state index is 5.99. The molecular formula is C14H22N2O2. The van der Waals surface area contributed by atoms with Gasteiger partial charge in [-0.3, -0.25) is 0 Å². The summed E-state index contributed by atoms with van der Waals surface area (Å²) >= 11 is 0. The molecule has 0 radical (unpaired) electrons. The molecule has 0 spiro atoms. The van der Waals surface area contributed by atoms with Gasteiger partial charge in [0.05, 0.1) is 6.10 Å². The van der Waals surface area contributed by atoms with Crippen LogP contribution in [0.3, 0.4) is 0 Å². The van der Waals surface area contributed by atoms with E-state index < -0.39 is 0 Å². The van der Waals surface area contributed by atoms with Crippen LogP contribution in [0.25, 0.3) is 0 Å². The summed E-state index contributed by atoms with van der Waals surface area (Å²) in [6, 6.07) is 3.76. The molecule has 4 heteroatoms. The van der Waals surface area contributed by atoms with Crippen LogP contribution in [0.1, 0.15) is 33.1 Å². The highest BCUT2D eigenvalue weighted by atomic mass is 16.5. The summed E-state index contributed by atoms with van der Waals surface area (Å²) in [6.45, 7) is 4.67. The van der Waals surface area contributed by atoms with Gasteiger partial charge in [0.2, 0.25) is 0 Å². The Hall–Kier alpha value is -1.29. The monoisotopic (exact) mass is 250 g/mol. The van der Waals surface area contributed by atoms with E-state index in [0.717, 1.165) is 18.6 Å². The predicted octanol–water partition coefficient (Wildman–Crippen LogP) is 2.38. The molecular weight excluding hydrogens is 228 g/mol. The molecule has 18 heavy (non-hydrogen) atoms. The van der Waals surface area contributed by atoms with Gasteiger partial charge in [-0.2, -0.15) is 0 Å². The topological polar surface area (TPSA) is 57.4 Å². The average Bonchev–Trinajstić information content (AvgIpc) is 2.78. The van der Waals surface area contributed by atoms with E-state index in [1.54, 1.807) is 6.20 Å². The lowest BCUT2D eigenvalue weighted by atomic mass is 10.1. The third-order valence-corrected chi connectivity index (χ3v) is 3.25. The minimum Gasteiger partial charge on any atom is -0.485 e. The Balaban J connectivity index is 2.08. The number of hydrogen-bond donors (Lipinski definition) is 1. The maximum Gasteiger partial charge on any atom is 0.257 e. The number of rotatable bonds is 5. The molecule has 0 amide bonds. The molecule has 1 saturated carbocycles. The highest BCUT2D eigenvalue weighted by Gasteiger charge is 2.29. The van der Waals surface area contributed by atoms with E-state index in [1.807, 2.05) is 26.0 Å². The Morgan fingerprint density at radius 3 is 3.00 bits per heavy atom. The summed E-state index contributed by atoms with van der Waals surface area (Å²) in [4.78, 5) is 4.28. The van der Waals surface area contributed by atoms with Crippen LogP contribution >= 0.6 is 0 Å². The van der Waals surface area contributed by atoms with Crippen molar-refractivity contribution in [3.8, 4) is 11.6 Å². The summed E-state index contributed by atoms with van der Waals surface area (Å²) < 4.78 is 11.7. The highest BCUT2D eigenvalue weighted by Crippen LogP contribution is 2.32. The van der Waals surface area contributed by atoms with Crippen molar-refractivity contribution in [2.45, 2.75) is 45.3 Å². The van der Waals surface area contributed by atoms with Crippen molar-refractivity contribution >= 4 is 0 Å². The van der Waals surface area contributed by atoms with Gasteiger partial charge in [-0.25, -0.2) is 4.98 Å². The zero-order chi connectivity index (χ0) is 13.0. The van der Waals surface area contributed by atoms with Crippen molar-refractivity contribution in [2.24, 2.45) is 11.7 Å². The summed E-state index contributed by atoms with van der Waals surface area (Å²) in [5.74, 6) is 1.76. The third kappa shape index (κ3) is 3.13. The fraction of sp³-hybridized carbons (Fsp3) is 0.643. The largest absolute Gasteiger partial charge is 0.485 e. The third-order valence-electron chi connectivity index (χ3n) is 3.25. The summed E-state index contributed by atoms with van der Waals surface area (Å²) in [5, 5.41) is 0. The number of aromatic nitrogens is 1. The van der Waals surface area contributed by atoms with Crippen molar-refractivity contribution in [3.63, 3.8) is 0 Å². The van der Waals surface area contributed by atoms with E-state index in [9.17, 15) is 0 Å². The van der Waals surface area contributed by atoms with Gasteiger partial charge in [-0.1, -0.05) is 0 Å². The van der Waals surface area contributed by atoms with Crippen LogP contribution in [0.4, 0.5) is 0 Å². The van der Waals surface area contributed by atoms with Gasteiger partial charge in [-0.05, 0) is 51.8 Å². The minimum atomic E-state index is 0.116. The molecule has 1 heterocycles. The lowest BCUT2D eigenvalue weighted by Crippen LogP contribution is -2.28. The SMILES string of the molecule is CC(C)Oc1cccnc1OC1CCCC1CN. The second kappa shape index (κ2) is 6.05. The average molecular weight is 250 g/mol. The Bertz CT molecular complexity index is 382. The Kier molecular flexibility index (Phi) is 4.42. The lowest BCUT2D eigenvalue weighted by molar-refractivity contribution is 0.140. The summed E-state index contributed by atoms with van der Waals surface area (Å²) in [5.41, 5.74) is 5.76. The molecule has 2 atom stereocenters. The van der Waals surface area contributed by atoms with Gasteiger partial charge < -0.3 is 15.2 Å². The quantitative estimate of drug-likeness (QED) is 0.871. The summed E-state index contributed by atoms with van der Waals surface area (Å²) in [7, 11) is 0. The standard InChI is InChI=1S/C14H22N2O2/c1-10(2)17-13-7-4-8-16-14(13)18-12-6-3-5-11(12)9-15/h4,7-8,10-12H,3,5-6,9,15H2,1-2H3. The van der Waals surface area contributed by atoms with E-state index in [0.29, 0.717) is 18.3 Å². The molecule has 0 aromatic carbocycles. The van der Waals surface area contributed by atoms with Crippen LogP contribution in [-0.4, -0.2) is 23.7 Å². The van der Waals surface area contributed by atoms with Crippen LogP contribution in [0.2, 0.25) is 0 Å². The first-order valence-electron chi connectivity index (χ1n) is 6.69. The molecule has 0 saturated heterocycles. The zero-order valence-corrected chi connectivity index (χ0v) is 11.1. The molecule has 2 N–H and O–H groups in total. The fourth-order valence-corrected chi connectivity index (χ4v) is 2.38. The number of hydrogen-bond acceptors (Lipinski definition) is 4. The van der Waals surface area contributed by atoms with E-state index in [2.05, 4.69) is 4.98 Å². The second-order valence-electron chi connectivity index (χ2n) is 5.06. The molecule has 1 aliphatic rings. The van der Waals surface area contributed by atoms with Gasteiger partial charge in [-0.15, -0.1) is 0 Å². The first-order valence-corrected chi connectivity index (χ1v) is 6.69. The zero-order valence-electron chi connectivity index (χ0n) is 11.1. The predicted molar refractivity (Wildman–Crippen MR) is 70.8 cm³/mol. The molecule has 2 rings (SSSR count). The van der Waals surface area contributed by atoms with Gasteiger partial charge in [0.25, 0.3) is 5.88 Å². The van der Waals surface area contributed by atoms with Crippen LogP contribution in [-0.2, 0) is 0 Å². The molecule has 0 aliphatic heterocycles. The molecule has 2 unspecified atom stereocenters. The summed E-state index contributed by atoms with van der Waals surface area (Å²) in [6.07, 6.45) is 5.41. The normalized spacial score (nSPS) is 23.3. The lowest BCUT2D eigenvalue weighted by Gasteiger charge is -2.21. The Morgan fingerprint density at radius 2 is 2.28 bits per heavy atom. The fourth-order valence-electron chi connectivity index (χ4n) is 2.38. The van der Waals surface area contributed by atoms with E-state index in [4.69, 9.17) is 15.2 Å². The van der Waals surface area contributed by atoms with Crippen LogP contribution in [0.5, 0.6) is 11.6 Å². The second-order valence-corrected chi connectivity index (χ2v) is 5.06. The number of pyridine rings is 1. The van der Waals surface area contributed by atoms with Crippen molar-refractivity contribution in [2.75, 3.05) is 6.54 Å². The molecule has 1 aromatic heterocycles. The minimum absolute atomic E-state index is 0.116. The van der Waals surface area contributed by atoms with E-state index in [-0.39, 0.29) is 12.2 Å². The van der Waals surface area contributed by atoms with Gasteiger partial charge in [0.1, 0.15) is 6.10 Å². The molecule has 4 nitrogen and oxygen atoms in total. The van der Waals surface area contributed by atoms with Crippen LogP contribution in [0.15, 0.2) is 18.3 Å². The van der Waals surface area contributed by atoms with E-state index >= 15 is 0 Å². The van der Waals surface area contributed by atoms with Crippen molar-refractivity contribution < 1.29 is 9.47 Å². The van der Waals surface area contributed by atoms with Crippen molar-refractivity contribution in [3.05, 3.63) is 18.3 Å². The van der Waals surface area contributed by atoms with E-state index in [1.165, 1.54) is 6.42 Å². The molecule has 100 valence electrons. The maximum absolute atomic E-state index is 5.99. The molecule has 1 aliphatic carbocycles. The van der Waals surface area contributed by atoms with Crippen LogP contribution < -0.4 is 15.2 Å². The number of nitrogens with zero attached hydrogens (tertiary/aromatic N) is 1. The van der Waals surface area contributed by atoms with Crippen molar-refractivity contribution in [1.82, 2.24) is 4.98 Å². The highest BCUT2D eigenvalue weighted by molar-refractivity contribution is 5.33. The smallest absolute Gasteiger partial charge is 0.257 e. The van der Waals surface area contributed by atoms with Gasteiger partial charge in [0.15, 0.2) is 5.75 Å². The Morgan fingerprint density at radius 1 is 1.44 bits per heavy atom. The molecule has 1 fully saturated rings. The first kappa shape index (κ1) is 13.1. The Labute approximate surface area is 108 Å². The molecule has 1 aromatic rings. The number of nitrogens with two attached hydrogens (primary N) is 1. The first-order chi connectivity index (χ1) is 8.70. The van der Waals surface area contributed by atoms with Crippen LogP contribution in [0, 0.1) is 5.92 Å². The number of ether oxygens (including phenoxy) is 2. The van der Waals surface area contributed by atoms with Gasteiger partial charge in [0, 0.05) is 12.1 Å². The molecule has 0 bridgehead atoms. The van der Waals surface area contributed by atoms with Crippen molar-refractivity contribution in [1.29, 1.82) is 0 Å².